The SMILES string of the molecule is CCCC[AsH]C(=O)N1CCOCC1. The van der Waals surface area contributed by atoms with Crippen molar-refractivity contribution >= 4 is 20.4 Å². The minimum atomic E-state index is -0.368. The number of amides is 1. The molecule has 0 saturated carbocycles. The fourth-order valence-corrected chi connectivity index (χ4v) is 3.75. The second kappa shape index (κ2) is 6.44. The molecule has 1 fully saturated rings. The molecule has 13 heavy (non-hydrogen) atoms. The summed E-state index contributed by atoms with van der Waals surface area (Å²) in [7, 11) is 0. The molecule has 1 heterocycles. The summed E-state index contributed by atoms with van der Waals surface area (Å²) < 4.78 is 5.62. The Bertz CT molecular complexity index is 158. The van der Waals surface area contributed by atoms with Gasteiger partial charge in [0.05, 0.1) is 0 Å². The Morgan fingerprint density at radius 1 is 1.46 bits per heavy atom. The van der Waals surface area contributed by atoms with Crippen LogP contribution in [0.5, 0.6) is 0 Å². The normalized spacial score (nSPS) is 18.4. The van der Waals surface area contributed by atoms with Crippen molar-refractivity contribution in [2.75, 3.05) is 26.3 Å². The Balaban J connectivity index is 2.13. The van der Waals surface area contributed by atoms with Crippen LogP contribution >= 0.6 is 0 Å². The number of rotatable bonds is 4. The fraction of sp³-hybridized carbons (Fsp3) is 0.889. The Morgan fingerprint density at radius 2 is 2.15 bits per heavy atom. The zero-order chi connectivity index (χ0) is 9.52. The molecule has 0 spiro atoms. The van der Waals surface area contributed by atoms with Crippen LogP contribution in [0.2, 0.25) is 5.21 Å². The van der Waals surface area contributed by atoms with Crippen LogP contribution in [-0.2, 0) is 4.74 Å². The molecule has 1 rings (SSSR count). The van der Waals surface area contributed by atoms with E-state index in [1.165, 1.54) is 12.8 Å². The number of hydrogen-bond acceptors (Lipinski definition) is 2. The van der Waals surface area contributed by atoms with Gasteiger partial charge in [0.2, 0.25) is 0 Å². The number of hydrogen-bond donors (Lipinski definition) is 0. The number of morpholine rings is 1. The summed E-state index contributed by atoms with van der Waals surface area (Å²) in [6.07, 6.45) is 2.43. The van der Waals surface area contributed by atoms with Gasteiger partial charge in [0.15, 0.2) is 0 Å². The van der Waals surface area contributed by atoms with E-state index in [9.17, 15) is 4.79 Å². The Kier molecular flexibility index (Phi) is 5.48. The zero-order valence-corrected chi connectivity index (χ0v) is 10.3. The number of ether oxygens (including phenoxy) is 1. The second-order valence-corrected chi connectivity index (χ2v) is 5.87. The molecule has 1 atom stereocenters. The van der Waals surface area contributed by atoms with Crippen molar-refractivity contribution in [3.05, 3.63) is 0 Å². The standard InChI is InChI=1S/C9H18AsNO2/c1-2-3-4-10-9(12)11-5-7-13-8-6-11/h10H,2-8H2,1H3. The van der Waals surface area contributed by atoms with Crippen LogP contribution in [-0.4, -0.2) is 51.7 Å². The van der Waals surface area contributed by atoms with Crippen molar-refractivity contribution in [1.29, 1.82) is 0 Å². The molecule has 0 radical (unpaired) electrons. The topological polar surface area (TPSA) is 29.5 Å². The van der Waals surface area contributed by atoms with Gasteiger partial charge in [-0.05, 0) is 0 Å². The van der Waals surface area contributed by atoms with E-state index in [4.69, 9.17) is 4.74 Å². The quantitative estimate of drug-likeness (QED) is 0.550. The minimum absolute atomic E-state index is 0.368. The molecule has 0 aromatic heterocycles. The summed E-state index contributed by atoms with van der Waals surface area (Å²) in [6.45, 7) is 5.26. The summed E-state index contributed by atoms with van der Waals surface area (Å²) in [5.41, 5.74) is 0. The first kappa shape index (κ1) is 11.1. The van der Waals surface area contributed by atoms with Gasteiger partial charge in [0.1, 0.15) is 0 Å². The van der Waals surface area contributed by atoms with E-state index in [1.54, 1.807) is 0 Å². The van der Waals surface area contributed by atoms with Gasteiger partial charge in [-0.15, -0.1) is 0 Å². The maximum absolute atomic E-state index is 11.6. The molecule has 0 bridgehead atoms. The number of nitrogens with zero attached hydrogens (tertiary/aromatic N) is 1. The van der Waals surface area contributed by atoms with Crippen LogP contribution in [0.1, 0.15) is 19.8 Å². The summed E-state index contributed by atoms with van der Waals surface area (Å²) in [5.74, 6) is 0. The van der Waals surface area contributed by atoms with Gasteiger partial charge in [-0.3, -0.25) is 0 Å². The molecule has 0 N–H and O–H groups in total. The van der Waals surface area contributed by atoms with E-state index in [0.29, 0.717) is 4.69 Å². The third kappa shape index (κ3) is 4.14. The van der Waals surface area contributed by atoms with Crippen molar-refractivity contribution < 1.29 is 9.53 Å². The van der Waals surface area contributed by atoms with E-state index < -0.39 is 0 Å². The first-order valence-electron chi connectivity index (χ1n) is 4.95. The van der Waals surface area contributed by atoms with Gasteiger partial charge in [-0.1, -0.05) is 0 Å². The van der Waals surface area contributed by atoms with E-state index in [-0.39, 0.29) is 15.8 Å². The van der Waals surface area contributed by atoms with E-state index in [2.05, 4.69) is 6.92 Å². The Labute approximate surface area is 86.5 Å². The maximum atomic E-state index is 11.6. The van der Waals surface area contributed by atoms with Crippen molar-refractivity contribution in [2.24, 2.45) is 0 Å². The van der Waals surface area contributed by atoms with Crippen LogP contribution in [0.15, 0.2) is 0 Å². The van der Waals surface area contributed by atoms with Crippen molar-refractivity contribution in [3.8, 4) is 0 Å². The summed E-state index contributed by atoms with van der Waals surface area (Å²) in [6, 6.07) is 0. The molecule has 4 heteroatoms. The summed E-state index contributed by atoms with van der Waals surface area (Å²) in [4.78, 5) is 13.6. The van der Waals surface area contributed by atoms with Gasteiger partial charge < -0.3 is 0 Å². The van der Waals surface area contributed by atoms with Crippen LogP contribution in [0, 0.1) is 0 Å². The first-order valence-corrected chi connectivity index (χ1v) is 7.48. The van der Waals surface area contributed by atoms with Crippen LogP contribution in [0.3, 0.4) is 0 Å². The van der Waals surface area contributed by atoms with Crippen LogP contribution < -0.4 is 0 Å². The van der Waals surface area contributed by atoms with E-state index in [1.807, 2.05) is 4.90 Å². The van der Waals surface area contributed by atoms with Crippen molar-refractivity contribution in [3.63, 3.8) is 0 Å². The molecule has 1 saturated heterocycles. The third-order valence-corrected chi connectivity index (χ3v) is 4.67. The molecule has 1 amide bonds. The molecule has 1 aliphatic rings. The average Bonchev–Trinajstić information content (AvgIpc) is 2.19. The van der Waals surface area contributed by atoms with E-state index in [0.717, 1.165) is 31.5 Å². The Hall–Kier alpha value is -0.0116. The second-order valence-electron chi connectivity index (χ2n) is 3.18. The number of carbonyl (C=O) groups excluding carboxylic acids is 1. The van der Waals surface area contributed by atoms with Gasteiger partial charge in [0.25, 0.3) is 0 Å². The molecule has 76 valence electrons. The molecule has 1 aliphatic heterocycles. The average molecular weight is 247 g/mol. The van der Waals surface area contributed by atoms with Gasteiger partial charge in [0, 0.05) is 0 Å². The van der Waals surface area contributed by atoms with Crippen molar-refractivity contribution in [1.82, 2.24) is 4.90 Å². The van der Waals surface area contributed by atoms with E-state index >= 15 is 0 Å². The molecule has 0 aliphatic carbocycles. The number of unbranched alkanes of at least 4 members (excludes halogenated alkanes) is 1. The van der Waals surface area contributed by atoms with Crippen molar-refractivity contribution in [2.45, 2.75) is 25.0 Å². The first-order chi connectivity index (χ1) is 6.34. The predicted octanol–water partition coefficient (Wildman–Crippen LogP) is 1.09. The van der Waals surface area contributed by atoms with Gasteiger partial charge in [-0.25, -0.2) is 0 Å². The third-order valence-electron chi connectivity index (χ3n) is 2.10. The molecule has 0 aromatic rings. The predicted molar refractivity (Wildman–Crippen MR) is 54.7 cm³/mol. The zero-order valence-electron chi connectivity index (χ0n) is 8.21. The molecule has 1 unspecified atom stereocenters. The Morgan fingerprint density at radius 3 is 2.77 bits per heavy atom. The van der Waals surface area contributed by atoms with Crippen LogP contribution in [0.25, 0.3) is 0 Å². The monoisotopic (exact) mass is 247 g/mol. The van der Waals surface area contributed by atoms with Crippen LogP contribution in [0.4, 0.5) is 4.79 Å². The summed E-state index contributed by atoms with van der Waals surface area (Å²) in [5, 5.41) is 1.16. The fourth-order valence-electron chi connectivity index (χ4n) is 1.25. The number of carbonyl (C=O) groups is 1. The van der Waals surface area contributed by atoms with Gasteiger partial charge >= 0.3 is 86.2 Å². The van der Waals surface area contributed by atoms with Gasteiger partial charge in [-0.2, -0.15) is 0 Å². The molecule has 3 nitrogen and oxygen atoms in total. The summed E-state index contributed by atoms with van der Waals surface area (Å²) >= 11 is -0.368. The molecule has 0 aromatic carbocycles. The molecular weight excluding hydrogens is 229 g/mol. The molecular formula is C9H18AsNO2.